The van der Waals surface area contributed by atoms with Gasteiger partial charge >= 0.3 is 5.97 Å². The fourth-order valence-corrected chi connectivity index (χ4v) is 6.36. The van der Waals surface area contributed by atoms with E-state index in [9.17, 15) is 34.8 Å². The second-order valence-corrected chi connectivity index (χ2v) is 10.7. The minimum Gasteiger partial charge on any atom is -0.455 e. The lowest BCUT2D eigenvalue weighted by atomic mass is 9.48. The highest BCUT2D eigenvalue weighted by atomic mass is 16.6. The molecule has 3 aliphatic rings. The van der Waals surface area contributed by atoms with E-state index in [1.165, 1.54) is 25.1 Å². The predicted molar refractivity (Wildman–Crippen MR) is 125 cm³/mol. The Labute approximate surface area is 203 Å². The van der Waals surface area contributed by atoms with E-state index in [0.717, 1.165) is 0 Å². The summed E-state index contributed by atoms with van der Waals surface area (Å²) in [6.07, 6.45) is -4.10. The molecule has 7 atom stereocenters. The molecule has 1 fully saturated rings. The van der Waals surface area contributed by atoms with Crippen LogP contribution in [0.3, 0.4) is 0 Å². The Bertz CT molecular complexity index is 1120. The van der Waals surface area contributed by atoms with Crippen molar-refractivity contribution in [1.29, 1.82) is 0 Å². The molecule has 3 aliphatic carbocycles. The number of aliphatic hydroxyl groups excluding tert-OH is 3. The first kappa shape index (κ1) is 25.4. The van der Waals surface area contributed by atoms with Gasteiger partial charge in [0, 0.05) is 17.8 Å². The third kappa shape index (κ3) is 3.46. The SMILES string of the molecule is CC1=C2[C@@H](O)C(=O)[C@]3(C)[C@@H](O)CC=C(C=O)[C@H]3[C@H](OC(=O)c3ccccc3)[C@](O)(C[C@@H]1O)C2(C)C. The van der Waals surface area contributed by atoms with Crippen LogP contribution in [-0.2, 0) is 14.3 Å². The van der Waals surface area contributed by atoms with Crippen LogP contribution in [-0.4, -0.2) is 68.5 Å². The summed E-state index contributed by atoms with van der Waals surface area (Å²) in [5.41, 5.74) is -4.36. The molecule has 0 radical (unpaired) electrons. The maximum atomic E-state index is 13.9. The molecule has 8 heteroatoms. The molecule has 2 bridgehead atoms. The van der Waals surface area contributed by atoms with Gasteiger partial charge in [0.25, 0.3) is 0 Å². The zero-order valence-electron chi connectivity index (χ0n) is 20.3. The number of ether oxygens (including phenoxy) is 1. The van der Waals surface area contributed by atoms with Crippen molar-refractivity contribution in [2.45, 2.75) is 70.6 Å². The Morgan fingerprint density at radius 3 is 2.34 bits per heavy atom. The van der Waals surface area contributed by atoms with Crippen LogP contribution in [0, 0.1) is 16.7 Å². The fraction of sp³-hybridized carbons (Fsp3) is 0.519. The van der Waals surface area contributed by atoms with Gasteiger partial charge < -0.3 is 25.2 Å². The number of aliphatic hydroxyl groups is 4. The molecule has 1 saturated carbocycles. The number of ketones is 1. The molecule has 0 aliphatic heterocycles. The lowest BCUT2D eigenvalue weighted by Crippen LogP contribution is -2.70. The third-order valence-electron chi connectivity index (χ3n) is 8.66. The van der Waals surface area contributed by atoms with Crippen molar-refractivity contribution < 1.29 is 39.5 Å². The summed E-state index contributed by atoms with van der Waals surface area (Å²) in [5.74, 6) is -2.82. The summed E-state index contributed by atoms with van der Waals surface area (Å²) in [4.78, 5) is 39.3. The Morgan fingerprint density at radius 2 is 1.74 bits per heavy atom. The first-order valence-corrected chi connectivity index (χ1v) is 11.8. The van der Waals surface area contributed by atoms with E-state index in [1.54, 1.807) is 39.0 Å². The standard InChI is InChI=1S/C27H32O8/c1-14-17(29)12-27(34)23(35-24(33)15-8-6-5-7-9-15)20-16(13-28)10-11-18(30)26(20,4)22(32)21(31)19(14)25(27,2)3/h5-10,13,17-18,20-21,23,29-31,34H,11-12H2,1-4H3/t17-,18-,20-,21+,23-,26+,27+/m0/s1. The molecule has 4 rings (SSSR count). The molecule has 0 unspecified atom stereocenters. The number of fused-ring (bicyclic) bond motifs is 3. The largest absolute Gasteiger partial charge is 0.455 e. The van der Waals surface area contributed by atoms with E-state index >= 15 is 0 Å². The fourth-order valence-electron chi connectivity index (χ4n) is 6.36. The number of aldehydes is 1. The van der Waals surface area contributed by atoms with E-state index in [4.69, 9.17) is 4.74 Å². The molecule has 1 aromatic rings. The molecule has 0 saturated heterocycles. The summed E-state index contributed by atoms with van der Waals surface area (Å²) >= 11 is 0. The van der Waals surface area contributed by atoms with Gasteiger partial charge in [-0.1, -0.05) is 38.1 Å². The number of hydrogen-bond acceptors (Lipinski definition) is 8. The van der Waals surface area contributed by atoms with Crippen LogP contribution >= 0.6 is 0 Å². The van der Waals surface area contributed by atoms with E-state index in [2.05, 4.69) is 0 Å². The average molecular weight is 485 g/mol. The normalized spacial score (nSPS) is 38.6. The summed E-state index contributed by atoms with van der Waals surface area (Å²) < 4.78 is 5.95. The highest BCUT2D eigenvalue weighted by molar-refractivity contribution is 5.95. The van der Waals surface area contributed by atoms with E-state index < -0.39 is 58.5 Å². The molecule has 35 heavy (non-hydrogen) atoms. The Kier molecular flexibility index (Phi) is 6.17. The van der Waals surface area contributed by atoms with Crippen LogP contribution < -0.4 is 0 Å². The number of hydrogen-bond donors (Lipinski definition) is 4. The van der Waals surface area contributed by atoms with Crippen LogP contribution in [0.4, 0.5) is 0 Å². The molecule has 1 aromatic carbocycles. The van der Waals surface area contributed by atoms with E-state index in [-0.39, 0.29) is 29.6 Å². The van der Waals surface area contributed by atoms with Gasteiger partial charge in [-0.2, -0.15) is 0 Å². The van der Waals surface area contributed by atoms with Gasteiger partial charge in [0.1, 0.15) is 24.1 Å². The van der Waals surface area contributed by atoms with Crippen molar-refractivity contribution >= 4 is 18.0 Å². The van der Waals surface area contributed by atoms with E-state index in [1.807, 2.05) is 0 Å². The zero-order valence-corrected chi connectivity index (χ0v) is 20.3. The highest BCUT2D eigenvalue weighted by Crippen LogP contribution is 2.59. The first-order chi connectivity index (χ1) is 16.3. The lowest BCUT2D eigenvalue weighted by molar-refractivity contribution is -0.208. The number of esters is 1. The van der Waals surface area contributed by atoms with Crippen molar-refractivity contribution in [1.82, 2.24) is 0 Å². The molecule has 188 valence electrons. The maximum Gasteiger partial charge on any atom is 0.338 e. The highest BCUT2D eigenvalue weighted by Gasteiger charge is 2.68. The van der Waals surface area contributed by atoms with Crippen molar-refractivity contribution in [3.05, 3.63) is 58.7 Å². The minimum absolute atomic E-state index is 0.0264. The quantitative estimate of drug-likeness (QED) is 0.287. The monoisotopic (exact) mass is 484 g/mol. The van der Waals surface area contributed by atoms with Gasteiger partial charge in [0.05, 0.1) is 23.2 Å². The van der Waals surface area contributed by atoms with Gasteiger partial charge in [-0.15, -0.1) is 0 Å². The number of carbonyl (C=O) groups excluding carboxylic acids is 3. The number of Topliss-reactive ketones (excluding diaryl/α,β-unsaturated/α-hetero) is 1. The molecule has 0 heterocycles. The number of benzene rings is 1. The molecular weight excluding hydrogens is 452 g/mol. The second kappa shape index (κ2) is 8.48. The zero-order chi connectivity index (χ0) is 25.9. The topological polar surface area (TPSA) is 141 Å². The smallest absolute Gasteiger partial charge is 0.338 e. The Morgan fingerprint density at radius 1 is 1.11 bits per heavy atom. The molecule has 8 nitrogen and oxygen atoms in total. The molecular formula is C27H32O8. The van der Waals surface area contributed by atoms with Crippen molar-refractivity contribution in [3.63, 3.8) is 0 Å². The summed E-state index contributed by atoms with van der Waals surface area (Å²) in [6, 6.07) is 8.08. The third-order valence-corrected chi connectivity index (χ3v) is 8.66. The summed E-state index contributed by atoms with van der Waals surface area (Å²) in [7, 11) is 0. The minimum atomic E-state index is -2.00. The van der Waals surface area contributed by atoms with Crippen LogP contribution in [0.25, 0.3) is 0 Å². The van der Waals surface area contributed by atoms with Gasteiger partial charge in [0.15, 0.2) is 5.78 Å². The van der Waals surface area contributed by atoms with Crippen molar-refractivity contribution in [2.24, 2.45) is 16.7 Å². The number of carbonyl (C=O) groups is 3. The van der Waals surface area contributed by atoms with Crippen molar-refractivity contribution in [3.8, 4) is 0 Å². The number of rotatable bonds is 3. The molecule has 0 aromatic heterocycles. The maximum absolute atomic E-state index is 13.9. The predicted octanol–water partition coefficient (Wildman–Crippen LogP) is 1.51. The Hall–Kier alpha value is -2.65. The van der Waals surface area contributed by atoms with Crippen LogP contribution in [0.5, 0.6) is 0 Å². The second-order valence-electron chi connectivity index (χ2n) is 10.7. The van der Waals surface area contributed by atoms with Gasteiger partial charge in [0.2, 0.25) is 0 Å². The van der Waals surface area contributed by atoms with Crippen LogP contribution in [0.2, 0.25) is 0 Å². The average Bonchev–Trinajstić information content (AvgIpc) is 2.82. The first-order valence-electron chi connectivity index (χ1n) is 11.8. The molecule has 4 N–H and O–H groups in total. The lowest BCUT2D eigenvalue weighted by Gasteiger charge is -2.60. The molecule has 0 amide bonds. The van der Waals surface area contributed by atoms with Gasteiger partial charge in [-0.3, -0.25) is 9.59 Å². The van der Waals surface area contributed by atoms with Crippen molar-refractivity contribution in [2.75, 3.05) is 0 Å². The summed E-state index contributed by atoms with van der Waals surface area (Å²) in [6.45, 7) is 6.24. The van der Waals surface area contributed by atoms with Gasteiger partial charge in [-0.25, -0.2) is 4.79 Å². The summed E-state index contributed by atoms with van der Waals surface area (Å²) in [5, 5.41) is 45.6. The van der Waals surface area contributed by atoms with E-state index in [0.29, 0.717) is 11.9 Å². The van der Waals surface area contributed by atoms with Crippen LogP contribution in [0.15, 0.2) is 53.1 Å². The van der Waals surface area contributed by atoms with Crippen LogP contribution in [0.1, 0.15) is 50.9 Å². The van der Waals surface area contributed by atoms with Gasteiger partial charge in [-0.05, 0) is 49.1 Å². The Balaban J connectivity index is 2.02. The molecule has 0 spiro atoms.